The second-order valence-corrected chi connectivity index (χ2v) is 15.9. The zero-order valence-electron chi connectivity index (χ0n) is 34.1. The highest BCUT2D eigenvalue weighted by Gasteiger charge is 2.46. The zero-order valence-corrected chi connectivity index (χ0v) is 34.1. The van der Waals surface area contributed by atoms with Crippen molar-refractivity contribution in [2.75, 3.05) is 4.90 Å². The maximum atomic E-state index is 6.77. The van der Waals surface area contributed by atoms with Crippen LogP contribution in [0.2, 0.25) is 0 Å². The maximum Gasteiger partial charge on any atom is 0.164 e. The molecule has 0 radical (unpaired) electrons. The molecule has 0 bridgehead atoms. The molecule has 5 nitrogen and oxygen atoms in total. The molecular weight excluding hydrogens is 769 g/mol. The zero-order chi connectivity index (χ0) is 41.7. The van der Waals surface area contributed by atoms with E-state index in [-0.39, 0.29) is 0 Å². The van der Waals surface area contributed by atoms with Gasteiger partial charge in [-0.2, -0.15) is 0 Å². The van der Waals surface area contributed by atoms with Crippen LogP contribution in [0.4, 0.5) is 17.1 Å². The van der Waals surface area contributed by atoms with E-state index >= 15 is 0 Å². The molecule has 0 unspecified atom stereocenters. The molecule has 0 saturated carbocycles. The molecule has 0 amide bonds. The average molecular weight is 807 g/mol. The van der Waals surface area contributed by atoms with Gasteiger partial charge in [0.2, 0.25) is 0 Å². The maximum absolute atomic E-state index is 6.77. The number of para-hydroxylation sites is 1. The summed E-state index contributed by atoms with van der Waals surface area (Å²) >= 11 is 0. The van der Waals surface area contributed by atoms with Crippen molar-refractivity contribution in [1.82, 2.24) is 15.0 Å². The van der Waals surface area contributed by atoms with E-state index in [0.717, 1.165) is 55.7 Å². The number of anilines is 3. The van der Waals surface area contributed by atoms with Gasteiger partial charge in [-0.3, -0.25) is 0 Å². The van der Waals surface area contributed by atoms with Gasteiger partial charge in [0.15, 0.2) is 17.5 Å². The SMILES string of the molecule is c1ccc(-c2nc(-c3ccccc3)nc(-c3cccc4oc5cc(N(c6ccccc6)c6ccc7c(c6)C(c6ccccc6)(c6ccccc6)c6ccccc6-7)ccc5c34)n2)cc1. The Kier molecular flexibility index (Phi) is 8.64. The van der Waals surface area contributed by atoms with Crippen molar-refractivity contribution in [3.8, 4) is 45.3 Å². The summed E-state index contributed by atoms with van der Waals surface area (Å²) in [6.45, 7) is 0. The van der Waals surface area contributed by atoms with Crippen LogP contribution in [0.1, 0.15) is 22.3 Å². The number of hydrogen-bond acceptors (Lipinski definition) is 5. The first kappa shape index (κ1) is 36.4. The van der Waals surface area contributed by atoms with Crippen molar-refractivity contribution >= 4 is 39.0 Å². The second-order valence-electron chi connectivity index (χ2n) is 15.9. The summed E-state index contributed by atoms with van der Waals surface area (Å²) < 4.78 is 6.77. The van der Waals surface area contributed by atoms with Crippen LogP contribution in [0.15, 0.2) is 235 Å². The standard InChI is InChI=1S/C58H38N4O/c1-6-19-39(20-7-1)55-59-56(40-21-8-2-9-22-40)61-57(60-55)49-30-18-32-52-54(49)48-36-34-45(38-53(48)63-52)62(43-27-14-5-15-28-43)44-33-35-47-46-29-16-17-31-50(46)58(51(47)37-44,41-23-10-3-11-24-41)42-25-12-4-13-26-42/h1-38H. The molecule has 0 fully saturated rings. The van der Waals surface area contributed by atoms with Crippen LogP contribution in [0.3, 0.4) is 0 Å². The minimum atomic E-state index is -0.526. The molecule has 63 heavy (non-hydrogen) atoms. The van der Waals surface area contributed by atoms with Crippen LogP contribution in [0, 0.1) is 0 Å². The molecule has 1 aliphatic rings. The normalized spacial score (nSPS) is 12.6. The highest BCUT2D eigenvalue weighted by molar-refractivity contribution is 6.12. The van der Waals surface area contributed by atoms with Gasteiger partial charge >= 0.3 is 0 Å². The second kappa shape index (κ2) is 14.9. The number of rotatable bonds is 8. The summed E-state index contributed by atoms with van der Waals surface area (Å²) in [5.41, 5.74) is 14.3. The van der Waals surface area contributed by atoms with Crippen LogP contribution in [-0.4, -0.2) is 15.0 Å². The molecule has 5 heteroatoms. The van der Waals surface area contributed by atoms with Gasteiger partial charge in [-0.1, -0.05) is 182 Å². The fourth-order valence-corrected chi connectivity index (χ4v) is 9.66. The Morgan fingerprint density at radius 1 is 0.349 bits per heavy atom. The monoisotopic (exact) mass is 806 g/mol. The molecule has 296 valence electrons. The van der Waals surface area contributed by atoms with Gasteiger partial charge in [0.1, 0.15) is 11.2 Å². The lowest BCUT2D eigenvalue weighted by Crippen LogP contribution is -2.28. The molecule has 2 aromatic heterocycles. The van der Waals surface area contributed by atoms with Crippen molar-refractivity contribution in [1.29, 1.82) is 0 Å². The smallest absolute Gasteiger partial charge is 0.164 e. The Morgan fingerprint density at radius 2 is 0.857 bits per heavy atom. The van der Waals surface area contributed by atoms with E-state index in [1.165, 1.54) is 33.4 Å². The van der Waals surface area contributed by atoms with Gasteiger partial charge in [0.05, 0.1) is 5.41 Å². The first-order valence-corrected chi connectivity index (χ1v) is 21.3. The summed E-state index contributed by atoms with van der Waals surface area (Å²) in [7, 11) is 0. The minimum absolute atomic E-state index is 0.526. The molecule has 0 atom stereocenters. The van der Waals surface area contributed by atoms with E-state index in [2.05, 4.69) is 163 Å². The van der Waals surface area contributed by atoms with Crippen LogP contribution in [0.5, 0.6) is 0 Å². The van der Waals surface area contributed by atoms with E-state index in [1.54, 1.807) is 0 Å². The van der Waals surface area contributed by atoms with Crippen LogP contribution < -0.4 is 4.90 Å². The molecule has 11 aromatic rings. The number of fused-ring (bicyclic) bond motifs is 6. The number of aromatic nitrogens is 3. The van der Waals surface area contributed by atoms with Crippen molar-refractivity contribution in [2.24, 2.45) is 0 Å². The Bertz CT molecular complexity index is 3350. The quantitative estimate of drug-likeness (QED) is 0.153. The molecule has 2 heterocycles. The van der Waals surface area contributed by atoms with Crippen LogP contribution >= 0.6 is 0 Å². The third-order valence-electron chi connectivity index (χ3n) is 12.4. The molecule has 0 aliphatic heterocycles. The minimum Gasteiger partial charge on any atom is -0.456 e. The van der Waals surface area contributed by atoms with Crippen LogP contribution in [0.25, 0.3) is 67.2 Å². The van der Waals surface area contributed by atoms with Gasteiger partial charge < -0.3 is 9.32 Å². The topological polar surface area (TPSA) is 55.1 Å². The van der Waals surface area contributed by atoms with Gasteiger partial charge in [0.25, 0.3) is 0 Å². The van der Waals surface area contributed by atoms with Gasteiger partial charge in [-0.05, 0) is 75.8 Å². The number of furan rings is 1. The Labute approximate surface area is 365 Å². The molecule has 12 rings (SSSR count). The summed E-state index contributed by atoms with van der Waals surface area (Å²) in [4.78, 5) is 17.5. The predicted molar refractivity (Wildman–Crippen MR) is 255 cm³/mol. The third-order valence-corrected chi connectivity index (χ3v) is 12.4. The van der Waals surface area contributed by atoms with E-state index in [1.807, 2.05) is 72.8 Å². The van der Waals surface area contributed by atoms with Crippen molar-refractivity contribution < 1.29 is 4.42 Å². The molecule has 0 saturated heterocycles. The number of benzene rings is 9. The fourth-order valence-electron chi connectivity index (χ4n) is 9.66. The van der Waals surface area contributed by atoms with E-state index in [4.69, 9.17) is 19.4 Å². The third kappa shape index (κ3) is 5.97. The highest BCUT2D eigenvalue weighted by Crippen LogP contribution is 2.57. The molecule has 9 aromatic carbocycles. The number of hydrogen-bond donors (Lipinski definition) is 0. The Balaban J connectivity index is 1.04. The lowest BCUT2D eigenvalue weighted by molar-refractivity contribution is 0.669. The fraction of sp³-hybridized carbons (Fsp3) is 0.0172. The van der Waals surface area contributed by atoms with Crippen LogP contribution in [-0.2, 0) is 5.41 Å². The average Bonchev–Trinajstić information content (AvgIpc) is 3.89. The van der Waals surface area contributed by atoms with Gasteiger partial charge in [0, 0.05) is 50.6 Å². The van der Waals surface area contributed by atoms with Crippen molar-refractivity contribution in [2.45, 2.75) is 5.41 Å². The molecular formula is C58H38N4O. The summed E-state index contributed by atoms with van der Waals surface area (Å²) in [6.07, 6.45) is 0. The first-order chi connectivity index (χ1) is 31.2. The van der Waals surface area contributed by atoms with E-state index < -0.39 is 5.41 Å². The Hall–Kier alpha value is -8.41. The largest absolute Gasteiger partial charge is 0.456 e. The molecule has 0 N–H and O–H groups in total. The summed E-state index contributed by atoms with van der Waals surface area (Å²) in [5.74, 6) is 1.82. The highest BCUT2D eigenvalue weighted by atomic mass is 16.3. The van der Waals surface area contributed by atoms with Crippen molar-refractivity contribution in [3.05, 3.63) is 253 Å². The van der Waals surface area contributed by atoms with E-state index in [0.29, 0.717) is 17.5 Å². The Morgan fingerprint density at radius 3 is 1.51 bits per heavy atom. The first-order valence-electron chi connectivity index (χ1n) is 21.3. The number of nitrogens with zero attached hydrogens (tertiary/aromatic N) is 4. The lowest BCUT2D eigenvalue weighted by Gasteiger charge is -2.35. The van der Waals surface area contributed by atoms with Crippen molar-refractivity contribution in [3.63, 3.8) is 0 Å². The van der Waals surface area contributed by atoms with E-state index in [9.17, 15) is 0 Å². The summed E-state index contributed by atoms with van der Waals surface area (Å²) in [6, 6.07) is 81.1. The molecule has 1 aliphatic carbocycles. The van der Waals surface area contributed by atoms with Gasteiger partial charge in [-0.25, -0.2) is 15.0 Å². The summed E-state index contributed by atoms with van der Waals surface area (Å²) in [5, 5.41) is 1.94. The predicted octanol–water partition coefficient (Wildman–Crippen LogP) is 14.6. The lowest BCUT2D eigenvalue weighted by atomic mass is 9.67. The van der Waals surface area contributed by atoms with Gasteiger partial charge in [-0.15, -0.1) is 0 Å². The molecule has 0 spiro atoms.